The summed E-state index contributed by atoms with van der Waals surface area (Å²) < 4.78 is 4.90. The summed E-state index contributed by atoms with van der Waals surface area (Å²) >= 11 is 0. The predicted octanol–water partition coefficient (Wildman–Crippen LogP) is -4.47. The Hall–Kier alpha value is -1.34. The van der Waals surface area contributed by atoms with Gasteiger partial charge in [0.2, 0.25) is 0 Å². The Morgan fingerprint density at radius 2 is 1.57 bits per heavy atom. The molecule has 0 saturated carbocycles. The van der Waals surface area contributed by atoms with Gasteiger partial charge < -0.3 is 35.4 Å². The van der Waals surface area contributed by atoms with Crippen molar-refractivity contribution in [3.8, 4) is 0 Å². The van der Waals surface area contributed by atoms with Gasteiger partial charge >= 0.3 is 11.9 Å². The quantitative estimate of drug-likeness (QED) is 0.134. The Morgan fingerprint density at radius 3 is 1.91 bits per heavy atom. The third-order valence-electron chi connectivity index (χ3n) is 3.55. The van der Waals surface area contributed by atoms with Gasteiger partial charge in [-0.15, -0.1) is 0 Å². The van der Waals surface area contributed by atoms with Crippen LogP contribution in [-0.2, 0) is 14.3 Å². The summed E-state index contributed by atoms with van der Waals surface area (Å²) in [6.07, 6.45) is 0. The zero-order chi connectivity index (χ0) is 18.1. The van der Waals surface area contributed by atoms with Crippen LogP contribution in [0.3, 0.4) is 0 Å². The van der Waals surface area contributed by atoms with Gasteiger partial charge in [0, 0.05) is 0 Å². The number of esters is 1. The van der Waals surface area contributed by atoms with Crippen molar-refractivity contribution < 1.29 is 45.0 Å². The number of hydrogen-bond donors (Lipinski definition) is 7. The lowest BCUT2D eigenvalue weighted by Crippen LogP contribution is -2.62. The summed E-state index contributed by atoms with van der Waals surface area (Å²) in [5.74, 6) is -2.36. The fourth-order valence-electron chi connectivity index (χ4n) is 1.62. The van der Waals surface area contributed by atoms with Crippen LogP contribution < -0.4 is 5.32 Å². The molecule has 7 N–H and O–H groups in total. The molecule has 0 aliphatic carbocycles. The van der Waals surface area contributed by atoms with E-state index in [-0.39, 0.29) is 0 Å². The van der Waals surface area contributed by atoms with Crippen molar-refractivity contribution in [2.75, 3.05) is 53.4 Å². The number of aliphatic carboxylic acids is 1. The van der Waals surface area contributed by atoms with Crippen LogP contribution in [0.15, 0.2) is 0 Å². The molecular formula is C12H24N2O9. The van der Waals surface area contributed by atoms with E-state index in [1.165, 1.54) is 7.05 Å². The number of nitrogens with one attached hydrogen (secondary N) is 1. The Labute approximate surface area is 132 Å². The van der Waals surface area contributed by atoms with Crippen LogP contribution in [0.2, 0.25) is 0 Å². The average Bonchev–Trinajstić information content (AvgIpc) is 2.56. The van der Waals surface area contributed by atoms with Crippen molar-refractivity contribution >= 4 is 11.9 Å². The van der Waals surface area contributed by atoms with Gasteiger partial charge in [-0.25, -0.2) is 4.79 Å². The number of carbonyl (C=O) groups excluding carboxylic acids is 1. The van der Waals surface area contributed by atoms with Crippen molar-refractivity contribution in [2.24, 2.45) is 0 Å². The molecule has 0 aromatic heterocycles. The van der Waals surface area contributed by atoms with Gasteiger partial charge in [-0.1, -0.05) is 0 Å². The second kappa shape index (κ2) is 9.72. The fourth-order valence-corrected chi connectivity index (χ4v) is 1.62. The molecule has 0 spiro atoms. The SMILES string of the molecule is CN(CO)C(CO)(CO)C(=O)OCC(CO)(CO)NCC(=O)O. The minimum absolute atomic E-state index is 0.597. The average molecular weight is 340 g/mol. The first kappa shape index (κ1) is 21.7. The van der Waals surface area contributed by atoms with E-state index in [1.54, 1.807) is 0 Å². The summed E-state index contributed by atoms with van der Waals surface area (Å²) in [4.78, 5) is 23.7. The summed E-state index contributed by atoms with van der Waals surface area (Å²) in [5, 5.41) is 57.4. The van der Waals surface area contributed by atoms with E-state index in [1.807, 2.05) is 0 Å². The van der Waals surface area contributed by atoms with Gasteiger partial charge in [0.25, 0.3) is 0 Å². The van der Waals surface area contributed by atoms with E-state index in [2.05, 4.69) is 5.32 Å². The standard InChI is InChI=1S/C12H24N2O9/c1-14(8-19)12(5-17,6-18)10(22)23-7-11(3-15,4-16)13-2-9(20)21/h13,15-19H,2-8H2,1H3,(H,20,21). The largest absolute Gasteiger partial charge is 0.480 e. The molecule has 0 atom stereocenters. The van der Waals surface area contributed by atoms with Crippen LogP contribution >= 0.6 is 0 Å². The van der Waals surface area contributed by atoms with Crippen LogP contribution in [0.25, 0.3) is 0 Å². The Balaban J connectivity index is 5.06. The molecule has 11 nitrogen and oxygen atoms in total. The molecule has 0 amide bonds. The molecule has 0 radical (unpaired) electrons. The van der Waals surface area contributed by atoms with Gasteiger partial charge in [-0.2, -0.15) is 0 Å². The van der Waals surface area contributed by atoms with E-state index in [4.69, 9.17) is 14.9 Å². The number of likely N-dealkylation sites (N-methyl/N-ethyl adjacent to an activating group) is 1. The molecular weight excluding hydrogens is 316 g/mol. The van der Waals surface area contributed by atoms with E-state index < -0.39 is 69.3 Å². The van der Waals surface area contributed by atoms with Crippen molar-refractivity contribution in [3.63, 3.8) is 0 Å². The van der Waals surface area contributed by atoms with Crippen molar-refractivity contribution in [3.05, 3.63) is 0 Å². The van der Waals surface area contributed by atoms with Gasteiger partial charge in [-0.3, -0.25) is 15.0 Å². The lowest BCUT2D eigenvalue weighted by molar-refractivity contribution is -0.171. The number of carbonyl (C=O) groups is 2. The summed E-state index contributed by atoms with van der Waals surface area (Å²) in [6, 6.07) is 0. The van der Waals surface area contributed by atoms with Crippen LogP contribution in [0.1, 0.15) is 0 Å². The molecule has 0 heterocycles. The number of nitrogens with zero attached hydrogens (tertiary/aromatic N) is 1. The third kappa shape index (κ3) is 5.35. The molecule has 136 valence electrons. The van der Waals surface area contributed by atoms with Gasteiger partial charge in [0.15, 0.2) is 5.54 Å². The highest BCUT2D eigenvalue weighted by Gasteiger charge is 2.44. The highest BCUT2D eigenvalue weighted by molar-refractivity contribution is 5.81. The van der Waals surface area contributed by atoms with E-state index in [0.717, 1.165) is 4.90 Å². The third-order valence-corrected chi connectivity index (χ3v) is 3.55. The highest BCUT2D eigenvalue weighted by Crippen LogP contribution is 2.16. The molecule has 0 aliphatic rings. The second-order valence-electron chi connectivity index (χ2n) is 5.11. The molecule has 0 fully saturated rings. The first-order chi connectivity index (χ1) is 10.8. The monoisotopic (exact) mass is 340 g/mol. The van der Waals surface area contributed by atoms with Crippen LogP contribution in [0, 0.1) is 0 Å². The molecule has 0 aliphatic heterocycles. The van der Waals surface area contributed by atoms with Crippen LogP contribution in [-0.4, -0.2) is 112 Å². The van der Waals surface area contributed by atoms with Crippen molar-refractivity contribution in [1.82, 2.24) is 10.2 Å². The van der Waals surface area contributed by atoms with E-state index >= 15 is 0 Å². The zero-order valence-electron chi connectivity index (χ0n) is 12.8. The van der Waals surface area contributed by atoms with Crippen molar-refractivity contribution in [2.45, 2.75) is 11.1 Å². The molecule has 23 heavy (non-hydrogen) atoms. The lowest BCUT2D eigenvalue weighted by Gasteiger charge is -2.37. The molecule has 11 heteroatoms. The number of carboxylic acid groups (broad SMARTS) is 1. The Kier molecular flexibility index (Phi) is 9.16. The van der Waals surface area contributed by atoms with E-state index in [9.17, 15) is 30.0 Å². The van der Waals surface area contributed by atoms with Crippen molar-refractivity contribution in [1.29, 1.82) is 0 Å². The summed E-state index contributed by atoms with van der Waals surface area (Å²) in [6.45, 7) is -5.04. The molecule has 0 aromatic carbocycles. The summed E-state index contributed by atoms with van der Waals surface area (Å²) in [5.41, 5.74) is -3.53. The molecule has 0 unspecified atom stereocenters. The molecule has 0 aromatic rings. The number of hydrogen-bond acceptors (Lipinski definition) is 10. The number of aliphatic hydroxyl groups is 5. The second-order valence-corrected chi connectivity index (χ2v) is 5.11. The fraction of sp³-hybridized carbons (Fsp3) is 0.833. The highest BCUT2D eigenvalue weighted by atomic mass is 16.5. The van der Waals surface area contributed by atoms with Crippen LogP contribution in [0.4, 0.5) is 0 Å². The summed E-state index contributed by atoms with van der Waals surface area (Å²) in [7, 11) is 1.27. The van der Waals surface area contributed by atoms with Gasteiger partial charge in [0.1, 0.15) is 6.61 Å². The minimum atomic E-state index is -1.92. The smallest absolute Gasteiger partial charge is 0.331 e. The maximum absolute atomic E-state index is 12.1. The van der Waals surface area contributed by atoms with Gasteiger partial charge in [-0.05, 0) is 7.05 Å². The lowest BCUT2D eigenvalue weighted by atomic mass is 10.00. The topological polar surface area (TPSA) is 180 Å². The number of aliphatic hydroxyl groups excluding tert-OH is 5. The number of carboxylic acids is 1. The van der Waals surface area contributed by atoms with E-state index in [0.29, 0.717) is 0 Å². The first-order valence-corrected chi connectivity index (χ1v) is 6.67. The normalized spacial score (nSPS) is 12.5. The molecule has 0 saturated heterocycles. The minimum Gasteiger partial charge on any atom is -0.480 e. The zero-order valence-corrected chi connectivity index (χ0v) is 12.8. The first-order valence-electron chi connectivity index (χ1n) is 6.67. The molecule has 0 bridgehead atoms. The number of ether oxygens (including phenoxy) is 1. The maximum atomic E-state index is 12.1. The Bertz CT molecular complexity index is 383. The predicted molar refractivity (Wildman–Crippen MR) is 75.3 cm³/mol. The number of rotatable bonds is 12. The van der Waals surface area contributed by atoms with Crippen LogP contribution in [0.5, 0.6) is 0 Å². The maximum Gasteiger partial charge on any atom is 0.331 e. The molecule has 0 rings (SSSR count). The Morgan fingerprint density at radius 1 is 1.04 bits per heavy atom. The van der Waals surface area contributed by atoms with Gasteiger partial charge in [0.05, 0.1) is 45.2 Å².